The van der Waals surface area contributed by atoms with Crippen molar-refractivity contribution in [3.63, 3.8) is 0 Å². The first-order valence-electron chi connectivity index (χ1n) is 21.8. The van der Waals surface area contributed by atoms with Crippen LogP contribution in [0.15, 0.2) is 53.5 Å². The molecule has 12 heteroatoms. The SMILES string of the molecule is C=C(Br)C[C@@H](CCC(O)/C=C/[C@H](O[Si](C)(C)C(C)(C)C)[C@@H]1O[C@H]2CC[C@H](CCC)O[C@@H]2[C@H](O[Si](C)(C)C(C)(C)C)[C@@H]1O[Si](C)(C)C(C)(C)C)OC(=O)c1ccccc1. The van der Waals surface area contributed by atoms with Crippen LogP contribution in [0, 0.1) is 0 Å². The molecule has 2 heterocycles. The van der Waals surface area contributed by atoms with Crippen LogP contribution in [0.25, 0.3) is 0 Å². The molecule has 2 aliphatic rings. The van der Waals surface area contributed by atoms with E-state index >= 15 is 0 Å². The van der Waals surface area contributed by atoms with Gasteiger partial charge in [-0.05, 0) is 103 Å². The van der Waals surface area contributed by atoms with Gasteiger partial charge in [0.2, 0.25) is 0 Å². The molecule has 2 saturated heterocycles. The number of aliphatic hydroxyl groups is 1. The fourth-order valence-corrected chi connectivity index (χ4v) is 11.0. The first-order chi connectivity index (χ1) is 26.5. The Hall–Kier alpha value is -0.939. The Kier molecular flexibility index (Phi) is 18.2. The van der Waals surface area contributed by atoms with Crippen molar-refractivity contribution in [1.82, 2.24) is 0 Å². The molecular weight excluding hydrogens is 845 g/mol. The quantitative estimate of drug-likeness (QED) is 0.0884. The third kappa shape index (κ3) is 14.0. The molecule has 2 fully saturated rings. The van der Waals surface area contributed by atoms with E-state index in [0.29, 0.717) is 24.8 Å². The second-order valence-corrected chi connectivity index (χ2v) is 36.8. The van der Waals surface area contributed by atoms with E-state index in [1.807, 2.05) is 30.4 Å². The van der Waals surface area contributed by atoms with Gasteiger partial charge in [-0.15, -0.1) is 0 Å². The summed E-state index contributed by atoms with van der Waals surface area (Å²) in [5.74, 6) is -0.394. The maximum absolute atomic E-state index is 13.0. The van der Waals surface area contributed by atoms with Crippen molar-refractivity contribution in [3.8, 4) is 0 Å². The van der Waals surface area contributed by atoms with E-state index in [4.69, 9.17) is 27.5 Å². The normalized spacial score (nSPS) is 25.6. The van der Waals surface area contributed by atoms with Crippen LogP contribution in [0.5, 0.6) is 0 Å². The Balaban J connectivity index is 2.10. The number of aliphatic hydroxyl groups excluding tert-OH is 1. The number of carbonyl (C=O) groups excluding carboxylic acids is 1. The average Bonchev–Trinajstić information content (AvgIpc) is 3.08. The zero-order chi connectivity index (χ0) is 44.1. The summed E-state index contributed by atoms with van der Waals surface area (Å²) < 4.78 is 43.4. The van der Waals surface area contributed by atoms with Crippen LogP contribution >= 0.6 is 15.9 Å². The van der Waals surface area contributed by atoms with Crippen LogP contribution in [-0.4, -0.2) is 91.0 Å². The minimum Gasteiger partial charge on any atom is -0.458 e. The molecule has 1 unspecified atom stereocenters. The van der Waals surface area contributed by atoms with Crippen molar-refractivity contribution in [2.75, 3.05) is 0 Å². The van der Waals surface area contributed by atoms with Gasteiger partial charge >= 0.3 is 5.97 Å². The van der Waals surface area contributed by atoms with Gasteiger partial charge in [-0.25, -0.2) is 4.79 Å². The van der Waals surface area contributed by atoms with Crippen molar-refractivity contribution in [2.24, 2.45) is 0 Å². The lowest BCUT2D eigenvalue weighted by atomic mass is 9.87. The van der Waals surface area contributed by atoms with E-state index in [0.717, 1.165) is 30.2 Å². The number of carbonyl (C=O) groups is 1. The smallest absolute Gasteiger partial charge is 0.338 e. The second kappa shape index (κ2) is 20.5. The second-order valence-electron chi connectivity index (χ2n) is 21.4. The molecule has 1 aromatic carbocycles. The van der Waals surface area contributed by atoms with Gasteiger partial charge in [0.15, 0.2) is 25.0 Å². The van der Waals surface area contributed by atoms with Crippen molar-refractivity contribution >= 4 is 46.9 Å². The topological polar surface area (TPSA) is 92.7 Å². The molecule has 9 atom stereocenters. The number of halogens is 1. The molecule has 0 radical (unpaired) electrons. The molecule has 1 N–H and O–H groups in total. The largest absolute Gasteiger partial charge is 0.458 e. The molecule has 3 rings (SSSR count). The highest BCUT2D eigenvalue weighted by atomic mass is 79.9. The van der Waals surface area contributed by atoms with E-state index < -0.39 is 61.4 Å². The number of esters is 1. The van der Waals surface area contributed by atoms with Gasteiger partial charge < -0.3 is 32.6 Å². The molecule has 0 bridgehead atoms. The fraction of sp³-hybridized carbons (Fsp3) is 0.761. The number of fused-ring (bicyclic) bond motifs is 1. The standard InChI is InChI=1S/C46H81BrO8Si3/c1-18-22-35-28-30-37-39(50-35)41(54-57(14,15)45(6,7)8)42(55-58(16,17)46(9,10)11)40(52-37)38(53-56(12,13)44(3,4)5)29-26-34(48)25-27-36(31-32(2)47)51-43(49)33-23-20-19-21-24-33/h19-21,23-24,26,29,34-42,48H,2,18,22,25,27-28,30-31H2,1,3-17H3/b29-26+/t34?,35-,36+,37-,38-,39-,40-,41-,42+/m0/s1. The van der Waals surface area contributed by atoms with E-state index in [1.165, 1.54) is 0 Å². The lowest BCUT2D eigenvalue weighted by Gasteiger charge is -2.56. The lowest BCUT2D eigenvalue weighted by Crippen LogP contribution is -2.69. The molecule has 0 saturated carbocycles. The van der Waals surface area contributed by atoms with Crippen LogP contribution in [0.2, 0.25) is 54.4 Å². The Morgan fingerprint density at radius 1 is 0.845 bits per heavy atom. The van der Waals surface area contributed by atoms with E-state index in [1.54, 1.807) is 12.1 Å². The Morgan fingerprint density at radius 3 is 1.91 bits per heavy atom. The van der Waals surface area contributed by atoms with Crippen LogP contribution < -0.4 is 0 Å². The molecule has 332 valence electrons. The molecule has 0 amide bonds. The first-order valence-corrected chi connectivity index (χ1v) is 31.3. The lowest BCUT2D eigenvalue weighted by molar-refractivity contribution is -0.267. The summed E-state index contributed by atoms with van der Waals surface area (Å²) in [6.45, 7) is 40.4. The molecule has 8 nitrogen and oxygen atoms in total. The van der Waals surface area contributed by atoms with Gasteiger partial charge in [-0.2, -0.15) is 0 Å². The number of rotatable bonds is 18. The molecule has 0 aromatic heterocycles. The molecule has 58 heavy (non-hydrogen) atoms. The summed E-state index contributed by atoms with van der Waals surface area (Å²) in [5, 5.41) is 11.4. The summed E-state index contributed by atoms with van der Waals surface area (Å²) in [4.78, 5) is 13.0. The average molecular weight is 926 g/mol. The minimum atomic E-state index is -2.42. The molecule has 0 aliphatic carbocycles. The van der Waals surface area contributed by atoms with Gasteiger partial charge in [0.1, 0.15) is 30.5 Å². The molecular formula is C46H81BrO8Si3. The fourth-order valence-electron chi connectivity index (χ4n) is 6.75. The van der Waals surface area contributed by atoms with Gasteiger partial charge in [0, 0.05) is 6.42 Å². The summed E-state index contributed by atoms with van der Waals surface area (Å²) in [6, 6.07) is 8.98. The van der Waals surface area contributed by atoms with Crippen molar-refractivity contribution in [2.45, 2.75) is 224 Å². The molecule has 2 aliphatic heterocycles. The van der Waals surface area contributed by atoms with Gasteiger partial charge in [-0.3, -0.25) is 0 Å². The molecule has 1 aromatic rings. The van der Waals surface area contributed by atoms with Crippen molar-refractivity contribution < 1.29 is 37.4 Å². The molecule has 0 spiro atoms. The predicted molar refractivity (Wildman–Crippen MR) is 250 cm³/mol. The highest BCUT2D eigenvalue weighted by Crippen LogP contribution is 2.47. The van der Waals surface area contributed by atoms with Crippen molar-refractivity contribution in [3.05, 3.63) is 59.1 Å². The highest BCUT2D eigenvalue weighted by Gasteiger charge is 2.57. The van der Waals surface area contributed by atoms with E-state index in [9.17, 15) is 9.90 Å². The van der Waals surface area contributed by atoms with Crippen LogP contribution in [0.4, 0.5) is 0 Å². The summed E-state index contributed by atoms with van der Waals surface area (Å²) in [6.07, 6.45) is 5.51. The Labute approximate surface area is 365 Å². The monoisotopic (exact) mass is 924 g/mol. The van der Waals surface area contributed by atoms with Crippen LogP contribution in [0.3, 0.4) is 0 Å². The third-order valence-electron chi connectivity index (χ3n) is 13.5. The summed E-state index contributed by atoms with van der Waals surface area (Å²) >= 11 is 3.46. The van der Waals surface area contributed by atoms with E-state index in [-0.39, 0.29) is 39.5 Å². The van der Waals surface area contributed by atoms with Crippen molar-refractivity contribution in [1.29, 1.82) is 0 Å². The predicted octanol–water partition coefficient (Wildman–Crippen LogP) is 12.5. The van der Waals surface area contributed by atoms with Gasteiger partial charge in [0.05, 0.1) is 30.0 Å². The zero-order valence-corrected chi connectivity index (χ0v) is 43.7. The Morgan fingerprint density at radius 2 is 1.40 bits per heavy atom. The number of benzene rings is 1. The summed E-state index contributed by atoms with van der Waals surface area (Å²) in [5.41, 5.74) is 0.489. The minimum absolute atomic E-state index is 0.0369. The number of hydrogen-bond acceptors (Lipinski definition) is 8. The first kappa shape index (κ1) is 51.4. The maximum atomic E-state index is 13.0. The number of ether oxygens (including phenoxy) is 3. The number of hydrogen-bond donors (Lipinski definition) is 1. The summed E-state index contributed by atoms with van der Waals surface area (Å²) in [7, 11) is -7.18. The van der Waals surface area contributed by atoms with Gasteiger partial charge in [-0.1, -0.05) is 129 Å². The highest BCUT2D eigenvalue weighted by molar-refractivity contribution is 9.11. The maximum Gasteiger partial charge on any atom is 0.338 e. The third-order valence-corrected chi connectivity index (χ3v) is 27.2. The van der Waals surface area contributed by atoms with Gasteiger partial charge in [0.25, 0.3) is 0 Å². The Bertz CT molecular complexity index is 1500. The van der Waals surface area contributed by atoms with Crippen LogP contribution in [-0.2, 0) is 27.5 Å². The van der Waals surface area contributed by atoms with E-state index in [2.05, 4.69) is 131 Å². The van der Waals surface area contributed by atoms with Crippen LogP contribution in [0.1, 0.15) is 125 Å². The zero-order valence-electron chi connectivity index (χ0n) is 39.1.